The Kier molecular flexibility index (Phi) is 4.95. The average molecular weight is 282 g/mol. The third-order valence-electron chi connectivity index (χ3n) is 4.07. The van der Waals surface area contributed by atoms with Crippen LogP contribution in [0.5, 0.6) is 0 Å². The minimum Gasteiger partial charge on any atom is -0.444 e. The van der Waals surface area contributed by atoms with Crippen LogP contribution in [-0.4, -0.2) is 30.3 Å². The van der Waals surface area contributed by atoms with Crippen LogP contribution in [0.3, 0.4) is 0 Å². The van der Waals surface area contributed by atoms with Gasteiger partial charge in [-0.2, -0.15) is 0 Å². The standard InChI is InChI=1S/C16H30N2O2/c1-5-13(10-17-15(19)20-16(2,3)4)18-14(11-6-7-11)12-8-9-12/h11-14,18H,5-10H2,1-4H3,(H,17,19). The van der Waals surface area contributed by atoms with Gasteiger partial charge in [0.15, 0.2) is 0 Å². The third kappa shape index (κ3) is 5.31. The molecule has 0 saturated heterocycles. The summed E-state index contributed by atoms with van der Waals surface area (Å²) in [5.41, 5.74) is -0.427. The molecule has 2 fully saturated rings. The van der Waals surface area contributed by atoms with Crippen molar-refractivity contribution in [1.82, 2.24) is 10.6 Å². The zero-order valence-electron chi connectivity index (χ0n) is 13.4. The van der Waals surface area contributed by atoms with Crippen molar-refractivity contribution in [2.45, 2.75) is 77.5 Å². The van der Waals surface area contributed by atoms with E-state index in [-0.39, 0.29) is 6.09 Å². The molecule has 0 spiro atoms. The molecule has 0 aromatic heterocycles. The maximum atomic E-state index is 11.7. The number of hydrogen-bond donors (Lipinski definition) is 2. The van der Waals surface area contributed by atoms with Gasteiger partial charge in [-0.25, -0.2) is 4.79 Å². The van der Waals surface area contributed by atoms with Crippen LogP contribution < -0.4 is 10.6 Å². The van der Waals surface area contributed by atoms with Gasteiger partial charge in [-0.3, -0.25) is 0 Å². The smallest absolute Gasteiger partial charge is 0.407 e. The molecule has 0 aromatic rings. The van der Waals surface area contributed by atoms with Crippen molar-refractivity contribution >= 4 is 6.09 Å². The SMILES string of the molecule is CCC(CNC(=O)OC(C)(C)C)NC(C1CC1)C1CC1. The molecule has 0 heterocycles. The van der Waals surface area contributed by atoms with Crippen LogP contribution in [0.15, 0.2) is 0 Å². The van der Waals surface area contributed by atoms with Crippen LogP contribution in [0.25, 0.3) is 0 Å². The molecule has 0 radical (unpaired) electrons. The van der Waals surface area contributed by atoms with E-state index < -0.39 is 5.60 Å². The predicted molar refractivity (Wildman–Crippen MR) is 80.7 cm³/mol. The van der Waals surface area contributed by atoms with E-state index in [0.717, 1.165) is 18.3 Å². The van der Waals surface area contributed by atoms with Gasteiger partial charge in [0.05, 0.1) is 0 Å². The van der Waals surface area contributed by atoms with Crippen LogP contribution in [0.1, 0.15) is 59.8 Å². The highest BCUT2D eigenvalue weighted by Crippen LogP contribution is 2.44. The maximum absolute atomic E-state index is 11.7. The first-order chi connectivity index (χ1) is 9.39. The van der Waals surface area contributed by atoms with Crippen LogP contribution in [0, 0.1) is 11.8 Å². The Hall–Kier alpha value is -0.770. The molecule has 0 aliphatic heterocycles. The van der Waals surface area contributed by atoms with Gasteiger partial charge in [0.25, 0.3) is 0 Å². The van der Waals surface area contributed by atoms with Crippen molar-refractivity contribution in [3.8, 4) is 0 Å². The van der Waals surface area contributed by atoms with E-state index >= 15 is 0 Å². The van der Waals surface area contributed by atoms with E-state index in [2.05, 4.69) is 17.6 Å². The fourth-order valence-corrected chi connectivity index (χ4v) is 2.68. The number of ether oxygens (including phenoxy) is 1. The molecule has 2 N–H and O–H groups in total. The summed E-state index contributed by atoms with van der Waals surface area (Å²) in [6, 6.07) is 1.04. The lowest BCUT2D eigenvalue weighted by atomic mass is 10.1. The van der Waals surface area contributed by atoms with Crippen LogP contribution in [0.4, 0.5) is 4.79 Å². The lowest BCUT2D eigenvalue weighted by Gasteiger charge is -2.26. The first-order valence-electron chi connectivity index (χ1n) is 8.12. The van der Waals surface area contributed by atoms with Gasteiger partial charge in [-0.05, 0) is 64.7 Å². The van der Waals surface area contributed by atoms with Crippen molar-refractivity contribution in [2.24, 2.45) is 11.8 Å². The summed E-state index contributed by atoms with van der Waals surface area (Å²) >= 11 is 0. The second kappa shape index (κ2) is 6.33. The highest BCUT2D eigenvalue weighted by atomic mass is 16.6. The Morgan fingerprint density at radius 3 is 2.15 bits per heavy atom. The van der Waals surface area contributed by atoms with E-state index in [1.54, 1.807) is 0 Å². The van der Waals surface area contributed by atoms with Gasteiger partial charge < -0.3 is 15.4 Å². The number of carbonyl (C=O) groups excluding carboxylic acids is 1. The topological polar surface area (TPSA) is 50.4 Å². The zero-order valence-corrected chi connectivity index (χ0v) is 13.4. The van der Waals surface area contributed by atoms with E-state index in [1.807, 2.05) is 20.8 Å². The van der Waals surface area contributed by atoms with Gasteiger partial charge in [0.1, 0.15) is 5.60 Å². The molecule has 1 unspecified atom stereocenters. The largest absolute Gasteiger partial charge is 0.444 e. The fourth-order valence-electron chi connectivity index (χ4n) is 2.68. The van der Waals surface area contributed by atoms with Crippen molar-refractivity contribution in [1.29, 1.82) is 0 Å². The highest BCUT2D eigenvalue weighted by Gasteiger charge is 2.41. The highest BCUT2D eigenvalue weighted by molar-refractivity contribution is 5.67. The third-order valence-corrected chi connectivity index (χ3v) is 4.07. The molecular formula is C16H30N2O2. The van der Waals surface area contributed by atoms with Gasteiger partial charge in [0, 0.05) is 18.6 Å². The first-order valence-corrected chi connectivity index (χ1v) is 8.12. The summed E-state index contributed by atoms with van der Waals surface area (Å²) in [6.07, 6.45) is 6.24. The molecule has 4 heteroatoms. The Morgan fingerprint density at radius 1 is 1.20 bits per heavy atom. The van der Waals surface area contributed by atoms with Crippen molar-refractivity contribution in [2.75, 3.05) is 6.54 Å². The molecule has 20 heavy (non-hydrogen) atoms. The molecule has 2 saturated carbocycles. The van der Waals surface area contributed by atoms with Crippen molar-refractivity contribution in [3.05, 3.63) is 0 Å². The number of hydrogen-bond acceptors (Lipinski definition) is 3. The molecular weight excluding hydrogens is 252 g/mol. The number of nitrogens with one attached hydrogen (secondary N) is 2. The van der Waals surface area contributed by atoms with E-state index in [1.165, 1.54) is 25.7 Å². The van der Waals surface area contributed by atoms with Gasteiger partial charge in [-0.15, -0.1) is 0 Å². The second-order valence-corrected chi connectivity index (χ2v) is 7.36. The Bertz CT molecular complexity index is 318. The predicted octanol–water partition coefficient (Wildman–Crippen LogP) is 3.07. The monoisotopic (exact) mass is 282 g/mol. The van der Waals surface area contributed by atoms with Crippen LogP contribution >= 0.6 is 0 Å². The van der Waals surface area contributed by atoms with Crippen LogP contribution in [-0.2, 0) is 4.74 Å². The number of rotatable bonds is 7. The maximum Gasteiger partial charge on any atom is 0.407 e. The minimum absolute atomic E-state index is 0.313. The van der Waals surface area contributed by atoms with E-state index in [0.29, 0.717) is 18.6 Å². The Morgan fingerprint density at radius 2 is 1.75 bits per heavy atom. The first kappa shape index (κ1) is 15.6. The Labute approximate surface area is 123 Å². The zero-order chi connectivity index (χ0) is 14.8. The number of amides is 1. The quantitative estimate of drug-likeness (QED) is 0.754. The molecule has 2 aliphatic rings. The lowest BCUT2D eigenvalue weighted by molar-refractivity contribution is 0.0521. The fraction of sp³-hybridized carbons (Fsp3) is 0.938. The molecule has 0 aromatic carbocycles. The summed E-state index contributed by atoms with van der Waals surface area (Å²) in [4.78, 5) is 11.7. The molecule has 2 aliphatic carbocycles. The summed E-state index contributed by atoms with van der Waals surface area (Å²) in [5, 5.41) is 6.67. The van der Waals surface area contributed by atoms with Gasteiger partial charge >= 0.3 is 6.09 Å². The molecule has 1 atom stereocenters. The summed E-state index contributed by atoms with van der Waals surface area (Å²) in [7, 11) is 0. The second-order valence-electron chi connectivity index (χ2n) is 7.36. The molecule has 2 rings (SSSR count). The summed E-state index contributed by atoms with van der Waals surface area (Å²) in [5.74, 6) is 1.77. The van der Waals surface area contributed by atoms with Crippen molar-refractivity contribution < 1.29 is 9.53 Å². The molecule has 4 nitrogen and oxygen atoms in total. The number of carbonyl (C=O) groups is 1. The minimum atomic E-state index is -0.427. The number of alkyl carbamates (subject to hydrolysis) is 1. The normalized spacial score (nSPS) is 20.9. The molecule has 0 bridgehead atoms. The molecule has 116 valence electrons. The lowest BCUT2D eigenvalue weighted by Crippen LogP contribution is -2.47. The van der Waals surface area contributed by atoms with Crippen LogP contribution in [0.2, 0.25) is 0 Å². The van der Waals surface area contributed by atoms with Crippen molar-refractivity contribution in [3.63, 3.8) is 0 Å². The average Bonchev–Trinajstić information content (AvgIpc) is 3.20. The molecule has 1 amide bonds. The summed E-state index contributed by atoms with van der Waals surface area (Å²) < 4.78 is 5.28. The summed E-state index contributed by atoms with van der Waals surface area (Å²) in [6.45, 7) is 8.49. The van der Waals surface area contributed by atoms with Gasteiger partial charge in [0.2, 0.25) is 0 Å². The van der Waals surface area contributed by atoms with Gasteiger partial charge in [-0.1, -0.05) is 6.92 Å². The van der Waals surface area contributed by atoms with E-state index in [4.69, 9.17) is 4.74 Å². The Balaban J connectivity index is 1.72. The van der Waals surface area contributed by atoms with E-state index in [9.17, 15) is 4.79 Å².